The van der Waals surface area contributed by atoms with Crippen LogP contribution in [-0.2, 0) is 10.0 Å². The number of amides is 1. The van der Waals surface area contributed by atoms with Crippen LogP contribution in [0.15, 0.2) is 66.0 Å². The van der Waals surface area contributed by atoms with Gasteiger partial charge in [-0.15, -0.1) is 12.4 Å². The third kappa shape index (κ3) is 5.48. The second-order valence-electron chi connectivity index (χ2n) is 7.58. The third-order valence-corrected chi connectivity index (χ3v) is 7.28. The number of carbonyl (C=O) groups excluding carboxylic acids is 1. The molecule has 1 aliphatic heterocycles. The Morgan fingerprint density at radius 1 is 1.03 bits per heavy atom. The lowest BCUT2D eigenvalue weighted by atomic mass is 10.1. The van der Waals surface area contributed by atoms with Gasteiger partial charge in [-0.05, 0) is 42.9 Å². The van der Waals surface area contributed by atoms with Crippen molar-refractivity contribution in [3.8, 4) is 11.1 Å². The van der Waals surface area contributed by atoms with Crippen molar-refractivity contribution in [2.24, 2.45) is 0 Å². The average molecular weight is 489 g/mol. The van der Waals surface area contributed by atoms with Gasteiger partial charge in [0.05, 0.1) is 22.3 Å². The molecule has 1 aliphatic rings. The number of rotatable bonds is 5. The SMILES string of the molecule is CN1CCN(S(=O)(=O)c2ccc(-c3cnc(N)c(C(=O)Nc4cccnc4)c3)cc2)CC1.Cl. The number of nitrogens with two attached hydrogens (primary N) is 1. The predicted octanol–water partition coefficient (Wildman–Crippen LogP) is 2.34. The van der Waals surface area contributed by atoms with Crippen molar-refractivity contribution in [1.82, 2.24) is 19.2 Å². The summed E-state index contributed by atoms with van der Waals surface area (Å²) in [6.45, 7) is 2.35. The fraction of sp³-hybridized carbons (Fsp3) is 0.227. The van der Waals surface area contributed by atoms with Crippen molar-refractivity contribution in [3.05, 3.63) is 66.6 Å². The Morgan fingerprint density at radius 3 is 2.36 bits per heavy atom. The Balaban J connectivity index is 0.00000306. The van der Waals surface area contributed by atoms with Gasteiger partial charge >= 0.3 is 0 Å². The zero-order chi connectivity index (χ0) is 22.7. The number of pyridine rings is 2. The van der Waals surface area contributed by atoms with Crippen LogP contribution in [0.2, 0.25) is 0 Å². The minimum atomic E-state index is -3.55. The monoisotopic (exact) mass is 488 g/mol. The number of likely N-dealkylation sites (N-methyl/N-ethyl adjacent to an activating group) is 1. The van der Waals surface area contributed by atoms with Crippen molar-refractivity contribution in [2.45, 2.75) is 4.90 Å². The quantitative estimate of drug-likeness (QED) is 0.565. The summed E-state index contributed by atoms with van der Waals surface area (Å²) < 4.78 is 27.4. The highest BCUT2D eigenvalue weighted by molar-refractivity contribution is 7.89. The van der Waals surface area contributed by atoms with E-state index in [1.165, 1.54) is 10.5 Å². The predicted molar refractivity (Wildman–Crippen MR) is 130 cm³/mol. The number of nitrogen functional groups attached to an aromatic ring is 1. The maximum absolute atomic E-state index is 12.9. The molecule has 0 saturated carbocycles. The van der Waals surface area contributed by atoms with Crippen molar-refractivity contribution in [3.63, 3.8) is 0 Å². The van der Waals surface area contributed by atoms with Gasteiger partial charge in [0, 0.05) is 44.1 Å². The first-order valence-corrected chi connectivity index (χ1v) is 11.5. The van der Waals surface area contributed by atoms with E-state index in [0.717, 1.165) is 5.56 Å². The van der Waals surface area contributed by atoms with Crippen LogP contribution in [-0.4, -0.2) is 66.7 Å². The van der Waals surface area contributed by atoms with Crippen LogP contribution in [0.5, 0.6) is 0 Å². The van der Waals surface area contributed by atoms with Crippen LogP contribution in [0.4, 0.5) is 11.5 Å². The van der Waals surface area contributed by atoms with E-state index < -0.39 is 15.9 Å². The standard InChI is InChI=1S/C22H24N6O3S.ClH/c1-27-9-11-28(12-10-27)32(30,31)19-6-4-16(5-7-19)17-13-20(21(23)25-14-17)22(29)26-18-3-2-8-24-15-18;/h2-8,13-15H,9-12H2,1H3,(H2,23,25)(H,26,29);1H. The molecule has 0 atom stereocenters. The zero-order valence-electron chi connectivity index (χ0n) is 18.0. The average Bonchev–Trinajstić information content (AvgIpc) is 2.80. The molecule has 0 spiro atoms. The van der Waals surface area contributed by atoms with Gasteiger partial charge < -0.3 is 16.0 Å². The lowest BCUT2D eigenvalue weighted by molar-refractivity contribution is 0.102. The summed E-state index contributed by atoms with van der Waals surface area (Å²) in [5.41, 5.74) is 8.06. The van der Waals surface area contributed by atoms with Gasteiger partial charge in [-0.25, -0.2) is 13.4 Å². The van der Waals surface area contributed by atoms with Gasteiger partial charge in [-0.2, -0.15) is 4.31 Å². The Labute approximate surface area is 199 Å². The second-order valence-corrected chi connectivity index (χ2v) is 9.52. The molecule has 2 aromatic heterocycles. The molecule has 9 nitrogen and oxygen atoms in total. The number of halogens is 1. The number of hydrogen-bond acceptors (Lipinski definition) is 7. The summed E-state index contributed by atoms with van der Waals surface area (Å²) >= 11 is 0. The van der Waals surface area contributed by atoms with Crippen LogP contribution in [0, 0.1) is 0 Å². The number of carbonyl (C=O) groups is 1. The number of hydrogen-bond donors (Lipinski definition) is 2. The normalized spacial score (nSPS) is 14.9. The van der Waals surface area contributed by atoms with E-state index in [-0.39, 0.29) is 28.7 Å². The van der Waals surface area contributed by atoms with Crippen molar-refractivity contribution >= 4 is 39.8 Å². The first-order valence-electron chi connectivity index (χ1n) is 10.1. The molecule has 0 unspecified atom stereocenters. The number of piperazine rings is 1. The van der Waals surface area contributed by atoms with Crippen LogP contribution >= 0.6 is 12.4 Å². The van der Waals surface area contributed by atoms with Crippen LogP contribution in [0.1, 0.15) is 10.4 Å². The molecular weight excluding hydrogens is 464 g/mol. The zero-order valence-corrected chi connectivity index (χ0v) is 19.6. The van der Waals surface area contributed by atoms with Gasteiger partial charge in [0.15, 0.2) is 0 Å². The highest BCUT2D eigenvalue weighted by Gasteiger charge is 2.27. The largest absolute Gasteiger partial charge is 0.383 e. The maximum Gasteiger partial charge on any atom is 0.259 e. The van der Waals surface area contributed by atoms with E-state index in [2.05, 4.69) is 20.2 Å². The van der Waals surface area contributed by atoms with Crippen molar-refractivity contribution < 1.29 is 13.2 Å². The van der Waals surface area contributed by atoms with Crippen molar-refractivity contribution in [2.75, 3.05) is 44.3 Å². The smallest absolute Gasteiger partial charge is 0.259 e. The molecule has 3 aromatic rings. The summed E-state index contributed by atoms with van der Waals surface area (Å²) in [7, 11) is -1.57. The summed E-state index contributed by atoms with van der Waals surface area (Å²) in [4.78, 5) is 23.1. The van der Waals surface area contributed by atoms with E-state index in [1.807, 2.05) is 7.05 Å². The number of benzene rings is 1. The molecule has 1 saturated heterocycles. The lowest BCUT2D eigenvalue weighted by Gasteiger charge is -2.31. The molecule has 3 N–H and O–H groups in total. The molecule has 1 aromatic carbocycles. The second kappa shape index (κ2) is 10.3. The van der Waals surface area contributed by atoms with E-state index in [1.54, 1.807) is 54.9 Å². The van der Waals surface area contributed by atoms with Gasteiger partial charge in [0.1, 0.15) is 5.82 Å². The van der Waals surface area contributed by atoms with Crippen molar-refractivity contribution in [1.29, 1.82) is 0 Å². The number of sulfonamides is 1. The minimum Gasteiger partial charge on any atom is -0.383 e. The van der Waals surface area contributed by atoms with Gasteiger partial charge in [-0.1, -0.05) is 12.1 Å². The molecule has 33 heavy (non-hydrogen) atoms. The molecule has 1 fully saturated rings. The molecular formula is C22H25ClN6O3S. The van der Waals surface area contributed by atoms with E-state index in [9.17, 15) is 13.2 Å². The molecule has 1 amide bonds. The van der Waals surface area contributed by atoms with Gasteiger partial charge in [0.2, 0.25) is 10.0 Å². The van der Waals surface area contributed by atoms with Gasteiger partial charge in [0.25, 0.3) is 5.91 Å². The molecule has 0 bridgehead atoms. The Morgan fingerprint density at radius 2 is 1.73 bits per heavy atom. The Hall–Kier alpha value is -3.05. The highest BCUT2D eigenvalue weighted by Crippen LogP contribution is 2.25. The fourth-order valence-electron chi connectivity index (χ4n) is 3.45. The number of anilines is 2. The molecule has 3 heterocycles. The molecule has 0 aliphatic carbocycles. The fourth-order valence-corrected chi connectivity index (χ4v) is 4.87. The number of nitrogens with zero attached hydrogens (tertiary/aromatic N) is 4. The first kappa shape index (κ1) is 24.6. The highest BCUT2D eigenvalue weighted by atomic mass is 35.5. The first-order chi connectivity index (χ1) is 15.3. The maximum atomic E-state index is 12.9. The van der Waals surface area contributed by atoms with Gasteiger partial charge in [-0.3, -0.25) is 9.78 Å². The van der Waals surface area contributed by atoms with Crippen LogP contribution < -0.4 is 11.1 Å². The molecule has 174 valence electrons. The van der Waals surface area contributed by atoms with E-state index in [4.69, 9.17) is 5.73 Å². The topological polar surface area (TPSA) is 122 Å². The summed E-state index contributed by atoms with van der Waals surface area (Å²) in [6.07, 6.45) is 4.70. The number of nitrogens with one attached hydrogen (secondary N) is 1. The number of aromatic nitrogens is 2. The lowest BCUT2D eigenvalue weighted by Crippen LogP contribution is -2.46. The minimum absolute atomic E-state index is 0. The molecule has 0 radical (unpaired) electrons. The summed E-state index contributed by atoms with van der Waals surface area (Å²) in [5, 5.41) is 2.74. The Kier molecular flexibility index (Phi) is 7.65. The summed E-state index contributed by atoms with van der Waals surface area (Å²) in [6, 6.07) is 11.6. The third-order valence-electron chi connectivity index (χ3n) is 5.37. The van der Waals surface area contributed by atoms with Crippen LogP contribution in [0.25, 0.3) is 11.1 Å². The molecule has 11 heteroatoms. The molecule has 4 rings (SSSR count). The Bertz CT molecular complexity index is 1210. The van der Waals surface area contributed by atoms with Crippen LogP contribution in [0.3, 0.4) is 0 Å². The van der Waals surface area contributed by atoms with E-state index >= 15 is 0 Å². The van der Waals surface area contributed by atoms with E-state index in [0.29, 0.717) is 37.4 Å². The summed E-state index contributed by atoms with van der Waals surface area (Å²) in [5.74, 6) is -0.302.